The van der Waals surface area contributed by atoms with E-state index in [1.165, 1.54) is 18.2 Å². The minimum atomic E-state index is -0.558. The maximum absolute atomic E-state index is 12.0. The van der Waals surface area contributed by atoms with Crippen LogP contribution in [0.3, 0.4) is 0 Å². The highest BCUT2D eigenvalue weighted by Gasteiger charge is 2.16. The number of carbonyl (C=O) groups excluding carboxylic acids is 1. The summed E-state index contributed by atoms with van der Waals surface area (Å²) in [6.45, 7) is 0.785. The van der Waals surface area contributed by atoms with Crippen molar-refractivity contribution in [3.05, 3.63) is 52.6 Å². The van der Waals surface area contributed by atoms with E-state index in [1.807, 2.05) is 0 Å². The summed E-state index contributed by atoms with van der Waals surface area (Å²) in [7, 11) is 0. The molecule has 0 aromatic heterocycles. The Morgan fingerprint density at radius 1 is 1.16 bits per heavy atom. The van der Waals surface area contributed by atoms with E-state index in [0.717, 1.165) is 6.42 Å². The molecule has 0 spiro atoms. The topological polar surface area (TPSA) is 99.9 Å². The molecular weight excluding hydrogens is 328 g/mol. The quantitative estimate of drug-likeness (QED) is 0.661. The highest BCUT2D eigenvalue weighted by molar-refractivity contribution is 5.92. The van der Waals surface area contributed by atoms with E-state index in [4.69, 9.17) is 14.2 Å². The molecule has 8 nitrogen and oxygen atoms in total. The summed E-state index contributed by atoms with van der Waals surface area (Å²) in [5.41, 5.74) is 0.339. The standard InChI is InChI=1S/C17H16N2O6/c20-17(11-25-14-5-2-1-4-13(14)19(21)22)18-12-6-7-15-16(10-12)24-9-3-8-23-15/h1-2,4-7,10H,3,8-9,11H2,(H,18,20). The first-order valence-corrected chi connectivity index (χ1v) is 7.69. The van der Waals surface area contributed by atoms with Crippen molar-refractivity contribution < 1.29 is 23.9 Å². The lowest BCUT2D eigenvalue weighted by atomic mass is 10.2. The smallest absolute Gasteiger partial charge is 0.310 e. The number of rotatable bonds is 5. The maximum atomic E-state index is 12.0. The van der Waals surface area contributed by atoms with Crippen LogP contribution in [0.15, 0.2) is 42.5 Å². The second-order valence-corrected chi connectivity index (χ2v) is 5.27. The highest BCUT2D eigenvalue weighted by Crippen LogP contribution is 2.32. The summed E-state index contributed by atoms with van der Waals surface area (Å²) in [6.07, 6.45) is 0.792. The molecule has 1 N–H and O–H groups in total. The Balaban J connectivity index is 1.62. The molecule has 0 radical (unpaired) electrons. The predicted octanol–water partition coefficient (Wildman–Crippen LogP) is 2.77. The lowest BCUT2D eigenvalue weighted by molar-refractivity contribution is -0.385. The monoisotopic (exact) mass is 344 g/mol. The van der Waals surface area contributed by atoms with Crippen molar-refractivity contribution in [2.45, 2.75) is 6.42 Å². The van der Waals surface area contributed by atoms with Gasteiger partial charge in [0.2, 0.25) is 0 Å². The summed E-state index contributed by atoms with van der Waals surface area (Å²) in [6, 6.07) is 11.0. The molecule has 3 rings (SSSR count). The molecule has 25 heavy (non-hydrogen) atoms. The zero-order valence-corrected chi connectivity index (χ0v) is 13.3. The van der Waals surface area contributed by atoms with Gasteiger partial charge in [-0.3, -0.25) is 14.9 Å². The largest absolute Gasteiger partial charge is 0.490 e. The minimum absolute atomic E-state index is 0.0429. The van der Waals surface area contributed by atoms with Crippen molar-refractivity contribution in [3.8, 4) is 17.2 Å². The van der Waals surface area contributed by atoms with E-state index in [2.05, 4.69) is 5.32 Å². The van der Waals surface area contributed by atoms with Crippen LogP contribution in [-0.4, -0.2) is 30.7 Å². The number of nitrogens with zero attached hydrogens (tertiary/aromatic N) is 1. The first-order chi connectivity index (χ1) is 12.1. The van der Waals surface area contributed by atoms with Gasteiger partial charge in [-0.05, 0) is 18.2 Å². The Morgan fingerprint density at radius 2 is 1.92 bits per heavy atom. The van der Waals surface area contributed by atoms with E-state index in [0.29, 0.717) is 30.4 Å². The minimum Gasteiger partial charge on any atom is -0.490 e. The van der Waals surface area contributed by atoms with Crippen molar-refractivity contribution in [3.63, 3.8) is 0 Å². The molecule has 0 fully saturated rings. The number of hydrogen-bond acceptors (Lipinski definition) is 6. The van der Waals surface area contributed by atoms with Crippen LogP contribution >= 0.6 is 0 Å². The van der Waals surface area contributed by atoms with Gasteiger partial charge < -0.3 is 19.5 Å². The molecule has 0 atom stereocenters. The van der Waals surface area contributed by atoms with Crippen molar-refractivity contribution in [1.29, 1.82) is 0 Å². The summed E-state index contributed by atoms with van der Waals surface area (Å²) in [5, 5.41) is 13.6. The number of carbonyl (C=O) groups is 1. The number of nitro groups is 1. The Bertz CT molecular complexity index is 792. The Hall–Kier alpha value is -3.29. The van der Waals surface area contributed by atoms with Crippen LogP contribution in [-0.2, 0) is 4.79 Å². The van der Waals surface area contributed by atoms with Crippen molar-refractivity contribution >= 4 is 17.3 Å². The summed E-state index contributed by atoms with van der Waals surface area (Å²) < 4.78 is 16.3. The second kappa shape index (κ2) is 7.52. The first kappa shape index (κ1) is 16.6. The Morgan fingerprint density at radius 3 is 2.72 bits per heavy atom. The van der Waals surface area contributed by atoms with Gasteiger partial charge in [0.25, 0.3) is 5.91 Å². The van der Waals surface area contributed by atoms with Crippen molar-refractivity contribution in [2.24, 2.45) is 0 Å². The van der Waals surface area contributed by atoms with Gasteiger partial charge in [0.05, 0.1) is 18.1 Å². The Labute approximate surface area is 143 Å². The SMILES string of the molecule is O=C(COc1ccccc1[N+](=O)[O-])Nc1ccc2c(c1)OCCCO2. The number of para-hydroxylation sites is 2. The Kier molecular flexibility index (Phi) is 4.98. The zero-order valence-electron chi connectivity index (χ0n) is 13.3. The molecule has 1 heterocycles. The van der Waals surface area contributed by atoms with E-state index >= 15 is 0 Å². The molecule has 0 bridgehead atoms. The third-order valence-electron chi connectivity index (χ3n) is 3.45. The van der Waals surface area contributed by atoms with Gasteiger partial charge in [-0.1, -0.05) is 12.1 Å². The van der Waals surface area contributed by atoms with Gasteiger partial charge in [0.1, 0.15) is 0 Å². The van der Waals surface area contributed by atoms with Crippen LogP contribution in [0.5, 0.6) is 17.2 Å². The maximum Gasteiger partial charge on any atom is 0.310 e. The molecule has 0 saturated heterocycles. The fourth-order valence-corrected chi connectivity index (χ4v) is 2.31. The molecule has 1 aliphatic heterocycles. The van der Waals surface area contributed by atoms with Crippen molar-refractivity contribution in [2.75, 3.05) is 25.1 Å². The number of fused-ring (bicyclic) bond motifs is 1. The number of amides is 1. The van der Waals surface area contributed by atoms with Gasteiger partial charge in [-0.25, -0.2) is 0 Å². The normalized spacial score (nSPS) is 12.8. The number of nitrogens with one attached hydrogen (secondary N) is 1. The van der Waals surface area contributed by atoms with Gasteiger partial charge in [-0.15, -0.1) is 0 Å². The van der Waals surface area contributed by atoms with Crippen LogP contribution in [0, 0.1) is 10.1 Å². The first-order valence-electron chi connectivity index (χ1n) is 7.69. The molecule has 1 aliphatic rings. The second-order valence-electron chi connectivity index (χ2n) is 5.27. The van der Waals surface area contributed by atoms with E-state index < -0.39 is 10.8 Å². The number of hydrogen-bond donors (Lipinski definition) is 1. The van der Waals surface area contributed by atoms with Gasteiger partial charge in [0, 0.05) is 24.2 Å². The fraction of sp³-hybridized carbons (Fsp3) is 0.235. The summed E-state index contributed by atoms with van der Waals surface area (Å²) >= 11 is 0. The zero-order chi connectivity index (χ0) is 17.6. The third kappa shape index (κ3) is 4.17. The molecule has 0 aliphatic carbocycles. The van der Waals surface area contributed by atoms with Crippen LogP contribution < -0.4 is 19.5 Å². The molecular formula is C17H16N2O6. The molecule has 0 unspecified atom stereocenters. The lowest BCUT2D eigenvalue weighted by Crippen LogP contribution is -2.20. The van der Waals surface area contributed by atoms with E-state index in [-0.39, 0.29) is 18.0 Å². The molecule has 8 heteroatoms. The fourth-order valence-electron chi connectivity index (χ4n) is 2.31. The third-order valence-corrected chi connectivity index (χ3v) is 3.45. The van der Waals surface area contributed by atoms with Crippen LogP contribution in [0.1, 0.15) is 6.42 Å². The lowest BCUT2D eigenvalue weighted by Gasteiger charge is -2.11. The molecule has 1 amide bonds. The summed E-state index contributed by atoms with van der Waals surface area (Å²) in [5.74, 6) is 0.801. The van der Waals surface area contributed by atoms with Crippen LogP contribution in [0.2, 0.25) is 0 Å². The van der Waals surface area contributed by atoms with Crippen LogP contribution in [0.4, 0.5) is 11.4 Å². The van der Waals surface area contributed by atoms with Gasteiger partial charge in [-0.2, -0.15) is 0 Å². The number of anilines is 1. The highest BCUT2D eigenvalue weighted by atomic mass is 16.6. The average molecular weight is 344 g/mol. The molecule has 2 aromatic rings. The number of nitro benzene ring substituents is 1. The molecule has 130 valence electrons. The predicted molar refractivity (Wildman–Crippen MR) is 89.3 cm³/mol. The van der Waals surface area contributed by atoms with Crippen molar-refractivity contribution in [1.82, 2.24) is 0 Å². The number of ether oxygens (including phenoxy) is 3. The van der Waals surface area contributed by atoms with E-state index in [9.17, 15) is 14.9 Å². The van der Waals surface area contributed by atoms with Gasteiger partial charge >= 0.3 is 5.69 Å². The average Bonchev–Trinajstić information content (AvgIpc) is 2.85. The number of benzene rings is 2. The molecule has 2 aromatic carbocycles. The molecule has 0 saturated carbocycles. The van der Waals surface area contributed by atoms with Gasteiger partial charge in [0.15, 0.2) is 23.9 Å². The summed E-state index contributed by atoms with van der Waals surface area (Å²) in [4.78, 5) is 22.4. The van der Waals surface area contributed by atoms with E-state index in [1.54, 1.807) is 24.3 Å². The van der Waals surface area contributed by atoms with Crippen LogP contribution in [0.25, 0.3) is 0 Å².